The fourth-order valence-corrected chi connectivity index (χ4v) is 5.90. The topological polar surface area (TPSA) is 57.8 Å². The number of carbonyl (C=O) groups excluding carboxylic acids is 1. The summed E-state index contributed by atoms with van der Waals surface area (Å²) in [6.07, 6.45) is 0.285. The Kier molecular flexibility index (Phi) is 7.31. The maximum atomic E-state index is 15.9. The highest BCUT2D eigenvalue weighted by Crippen LogP contribution is 2.44. The van der Waals surface area contributed by atoms with Gasteiger partial charge in [-0.3, -0.25) is 4.90 Å². The first kappa shape index (κ1) is 28.3. The maximum absolute atomic E-state index is 15.9. The van der Waals surface area contributed by atoms with Crippen molar-refractivity contribution in [1.29, 1.82) is 0 Å². The van der Waals surface area contributed by atoms with Gasteiger partial charge >= 0.3 is 6.09 Å². The van der Waals surface area contributed by atoms with Crippen LogP contribution in [0.1, 0.15) is 70.8 Å². The smallest absolute Gasteiger partial charge is 0.410 e. The van der Waals surface area contributed by atoms with E-state index in [0.29, 0.717) is 25.1 Å². The van der Waals surface area contributed by atoms with E-state index in [2.05, 4.69) is 4.98 Å². The summed E-state index contributed by atoms with van der Waals surface area (Å²) in [4.78, 5) is 19.2. The molecule has 0 saturated carbocycles. The fourth-order valence-electron chi connectivity index (χ4n) is 5.90. The zero-order valence-electron chi connectivity index (χ0n) is 24.0. The van der Waals surface area contributed by atoms with Gasteiger partial charge in [-0.1, -0.05) is 18.2 Å². The van der Waals surface area contributed by atoms with Gasteiger partial charge in [0.25, 0.3) is 0 Å². The van der Waals surface area contributed by atoms with Gasteiger partial charge in [0, 0.05) is 59.8 Å². The molecule has 1 N–H and O–H groups in total. The van der Waals surface area contributed by atoms with Crippen LogP contribution in [-0.2, 0) is 11.2 Å². The maximum Gasteiger partial charge on any atom is 0.410 e. The van der Waals surface area contributed by atoms with Crippen LogP contribution in [0, 0.1) is 11.6 Å². The molecule has 3 heterocycles. The normalized spacial score (nSPS) is 22.0. The predicted molar refractivity (Wildman–Crippen MR) is 148 cm³/mol. The molecule has 1 fully saturated rings. The number of ether oxygens (including phenoxy) is 2. The summed E-state index contributed by atoms with van der Waals surface area (Å²) in [5, 5.41) is 1.00. The van der Waals surface area contributed by atoms with E-state index in [0.717, 1.165) is 16.5 Å². The van der Waals surface area contributed by atoms with E-state index < -0.39 is 41.1 Å². The van der Waals surface area contributed by atoms with Gasteiger partial charge in [0.15, 0.2) is 0 Å². The Bertz CT molecular complexity index is 1390. The third-order valence-electron chi connectivity index (χ3n) is 7.50. The van der Waals surface area contributed by atoms with Crippen molar-refractivity contribution >= 4 is 17.0 Å². The SMILES string of the molecule is C[C@@H]1Cc2c([nH]c3ccccc23)[C@@H](c2c(F)cc(OC3CCN(C(=O)OC(C)(C)C)C3)cc2F)N1CC(C)(C)F. The van der Waals surface area contributed by atoms with Gasteiger partial charge in [0.05, 0.1) is 12.6 Å². The molecule has 0 spiro atoms. The molecule has 0 aliphatic carbocycles. The fraction of sp³-hybridized carbons (Fsp3) is 0.516. The molecule has 0 bridgehead atoms. The third kappa shape index (κ3) is 5.80. The molecule has 3 atom stereocenters. The standard InChI is InChI=1S/C31H38F3N3O3/c1-18-13-22-21-9-7-8-10-25(21)35-27(22)28(37(18)17-31(5,6)34)26-23(32)14-20(15-24(26)33)39-19-11-12-36(16-19)29(38)40-30(2,3)4/h7-10,14-15,18-19,28,35H,11-13,16-17H2,1-6H3/t18-,19?,28-/m1/s1. The Balaban J connectivity index is 1.46. The summed E-state index contributed by atoms with van der Waals surface area (Å²) in [7, 11) is 0. The quantitative estimate of drug-likeness (QED) is 0.370. The molecule has 5 rings (SSSR count). The Morgan fingerprint density at radius 1 is 1.10 bits per heavy atom. The number of likely N-dealkylation sites (tertiary alicyclic amines) is 1. The van der Waals surface area contributed by atoms with Crippen molar-refractivity contribution in [1.82, 2.24) is 14.8 Å². The monoisotopic (exact) mass is 557 g/mol. The van der Waals surface area contributed by atoms with E-state index >= 15 is 8.78 Å². The zero-order valence-corrected chi connectivity index (χ0v) is 24.0. The highest BCUT2D eigenvalue weighted by molar-refractivity contribution is 5.85. The molecule has 2 aliphatic heterocycles. The van der Waals surface area contributed by atoms with Crippen LogP contribution in [-0.4, -0.2) is 63.9 Å². The summed E-state index contributed by atoms with van der Waals surface area (Å²) >= 11 is 0. The van der Waals surface area contributed by atoms with Gasteiger partial charge in [-0.05, 0) is 59.6 Å². The lowest BCUT2D eigenvalue weighted by Gasteiger charge is -2.43. The van der Waals surface area contributed by atoms with Crippen molar-refractivity contribution in [3.05, 3.63) is 64.9 Å². The van der Waals surface area contributed by atoms with E-state index in [1.54, 1.807) is 20.8 Å². The second kappa shape index (κ2) is 10.3. The van der Waals surface area contributed by atoms with E-state index in [4.69, 9.17) is 9.47 Å². The molecule has 40 heavy (non-hydrogen) atoms. The number of hydrogen-bond acceptors (Lipinski definition) is 4. The molecule has 3 aromatic rings. The number of nitrogens with one attached hydrogen (secondary N) is 1. The van der Waals surface area contributed by atoms with Gasteiger partial charge < -0.3 is 19.4 Å². The van der Waals surface area contributed by atoms with E-state index in [-0.39, 0.29) is 30.4 Å². The number of hydrogen-bond donors (Lipinski definition) is 1. The first-order chi connectivity index (χ1) is 18.7. The molecule has 2 aromatic carbocycles. The third-order valence-corrected chi connectivity index (χ3v) is 7.50. The summed E-state index contributed by atoms with van der Waals surface area (Å²) in [6, 6.07) is 9.16. The number of nitrogens with zero attached hydrogens (tertiary/aromatic N) is 2. The molecule has 2 aliphatic rings. The number of aromatic amines is 1. The number of benzene rings is 2. The molecule has 1 amide bonds. The Morgan fingerprint density at radius 2 is 1.77 bits per heavy atom. The molecular weight excluding hydrogens is 519 g/mol. The number of alkyl halides is 1. The van der Waals surface area contributed by atoms with Crippen LogP contribution < -0.4 is 4.74 Å². The number of fused-ring (bicyclic) bond motifs is 3. The van der Waals surface area contributed by atoms with Crippen LogP contribution in [0.3, 0.4) is 0 Å². The predicted octanol–water partition coefficient (Wildman–Crippen LogP) is 6.92. The highest BCUT2D eigenvalue weighted by atomic mass is 19.1. The van der Waals surface area contributed by atoms with Gasteiger partial charge in [-0.25, -0.2) is 18.0 Å². The molecule has 6 nitrogen and oxygen atoms in total. The molecular formula is C31H38F3N3O3. The van der Waals surface area contributed by atoms with Crippen molar-refractivity contribution in [2.24, 2.45) is 0 Å². The van der Waals surface area contributed by atoms with Crippen molar-refractivity contribution in [3.63, 3.8) is 0 Å². The van der Waals surface area contributed by atoms with Crippen molar-refractivity contribution in [2.45, 2.75) is 83.8 Å². The summed E-state index contributed by atoms with van der Waals surface area (Å²) in [5.74, 6) is -1.47. The number of amides is 1. The number of carbonyl (C=O) groups is 1. The molecule has 0 radical (unpaired) electrons. The summed E-state index contributed by atoms with van der Waals surface area (Å²) in [5.41, 5.74) is 0.215. The van der Waals surface area contributed by atoms with Gasteiger partial charge in [-0.2, -0.15) is 0 Å². The number of para-hydroxylation sites is 1. The minimum absolute atomic E-state index is 0.00729. The minimum Gasteiger partial charge on any atom is -0.488 e. The second-order valence-electron chi connectivity index (χ2n) is 12.7. The van der Waals surface area contributed by atoms with Crippen LogP contribution in [0.2, 0.25) is 0 Å². The average Bonchev–Trinajstić information content (AvgIpc) is 3.43. The second-order valence-corrected chi connectivity index (χ2v) is 12.7. The van der Waals surface area contributed by atoms with Crippen LogP contribution in [0.5, 0.6) is 5.75 Å². The van der Waals surface area contributed by atoms with Crippen molar-refractivity contribution in [2.75, 3.05) is 19.6 Å². The first-order valence-electron chi connectivity index (χ1n) is 13.9. The summed E-state index contributed by atoms with van der Waals surface area (Å²) in [6.45, 7) is 11.0. The Morgan fingerprint density at radius 3 is 2.42 bits per heavy atom. The van der Waals surface area contributed by atoms with Crippen molar-refractivity contribution in [3.8, 4) is 5.75 Å². The van der Waals surface area contributed by atoms with Crippen LogP contribution >= 0.6 is 0 Å². The van der Waals surface area contributed by atoms with E-state index in [9.17, 15) is 9.18 Å². The van der Waals surface area contributed by atoms with Crippen LogP contribution in [0.15, 0.2) is 36.4 Å². The number of H-pyrrole nitrogens is 1. The Labute approximate surface area is 233 Å². The Hall–Kier alpha value is -3.20. The van der Waals surface area contributed by atoms with Crippen molar-refractivity contribution < 1.29 is 27.4 Å². The largest absolute Gasteiger partial charge is 0.488 e. The highest BCUT2D eigenvalue weighted by Gasteiger charge is 2.41. The minimum atomic E-state index is -1.57. The van der Waals surface area contributed by atoms with Gasteiger partial charge in [0.2, 0.25) is 0 Å². The van der Waals surface area contributed by atoms with E-state index in [1.807, 2.05) is 36.1 Å². The number of rotatable bonds is 5. The lowest BCUT2D eigenvalue weighted by molar-refractivity contribution is 0.0275. The molecule has 9 heteroatoms. The molecule has 1 saturated heterocycles. The lowest BCUT2D eigenvalue weighted by atomic mass is 9.87. The lowest BCUT2D eigenvalue weighted by Crippen LogP contribution is -2.48. The van der Waals surface area contributed by atoms with Crippen LogP contribution in [0.25, 0.3) is 10.9 Å². The zero-order chi connectivity index (χ0) is 29.0. The first-order valence-corrected chi connectivity index (χ1v) is 13.9. The van der Waals surface area contributed by atoms with E-state index in [1.165, 1.54) is 30.9 Å². The summed E-state index contributed by atoms with van der Waals surface area (Å²) < 4.78 is 58.1. The number of halogens is 3. The molecule has 1 unspecified atom stereocenters. The van der Waals surface area contributed by atoms with Gasteiger partial charge in [-0.15, -0.1) is 0 Å². The van der Waals surface area contributed by atoms with Crippen LogP contribution in [0.4, 0.5) is 18.0 Å². The number of aromatic nitrogens is 1. The van der Waals surface area contributed by atoms with Gasteiger partial charge in [0.1, 0.15) is 34.8 Å². The molecule has 1 aromatic heterocycles. The average molecular weight is 558 g/mol. The molecule has 216 valence electrons.